The maximum Gasteiger partial charge on any atom is 0.252 e. The highest BCUT2D eigenvalue weighted by Crippen LogP contribution is 2.36. The molecule has 1 atom stereocenters. The fraction of sp³-hybridized carbons (Fsp3) is 0.455. The average Bonchev–Trinajstić information content (AvgIpc) is 2.51. The number of hydrogen-bond acceptors (Lipinski definition) is 2. The highest BCUT2D eigenvalue weighted by atomic mass is 16.2. The summed E-state index contributed by atoms with van der Waals surface area (Å²) in [6.45, 7) is 1.96. The second-order valence-electron chi connectivity index (χ2n) is 4.09. The summed E-state index contributed by atoms with van der Waals surface area (Å²) < 4.78 is 0. The Hall–Kier alpha value is -1.38. The van der Waals surface area contributed by atoms with Crippen LogP contribution in [0, 0.1) is 6.92 Å². The van der Waals surface area contributed by atoms with Gasteiger partial charge in [0.15, 0.2) is 0 Å². The van der Waals surface area contributed by atoms with Crippen LogP contribution >= 0.6 is 0 Å². The summed E-state index contributed by atoms with van der Waals surface area (Å²) in [6.07, 6.45) is 5.04. The normalized spacial score (nSPS) is 23.2. The molecule has 3 rings (SSSR count). The van der Waals surface area contributed by atoms with E-state index >= 15 is 0 Å². The first-order valence-electron chi connectivity index (χ1n) is 5.06. The fourth-order valence-corrected chi connectivity index (χ4v) is 2.53. The van der Waals surface area contributed by atoms with Gasteiger partial charge in [-0.1, -0.05) is 0 Å². The molecule has 1 aromatic rings. The summed E-state index contributed by atoms with van der Waals surface area (Å²) in [5, 5.41) is 3.02. The number of nitrogens with zero attached hydrogens (tertiary/aromatic N) is 1. The average molecular weight is 188 g/mol. The van der Waals surface area contributed by atoms with Crippen molar-refractivity contribution < 1.29 is 4.79 Å². The van der Waals surface area contributed by atoms with Gasteiger partial charge in [0.05, 0.1) is 11.6 Å². The Bertz CT molecular complexity index is 426. The lowest BCUT2D eigenvalue weighted by molar-refractivity contribution is 0.0954. The molecule has 0 radical (unpaired) electrons. The zero-order valence-electron chi connectivity index (χ0n) is 8.13. The number of rotatable bonds is 0. The van der Waals surface area contributed by atoms with E-state index in [9.17, 15) is 4.79 Å². The van der Waals surface area contributed by atoms with Gasteiger partial charge in [-0.15, -0.1) is 0 Å². The molecule has 0 saturated carbocycles. The predicted octanol–water partition coefficient (Wildman–Crippen LogP) is 1.51. The van der Waals surface area contributed by atoms with Crippen molar-refractivity contribution in [1.82, 2.24) is 10.3 Å². The van der Waals surface area contributed by atoms with Gasteiger partial charge < -0.3 is 5.32 Å². The molecule has 0 fully saturated rings. The van der Waals surface area contributed by atoms with Crippen LogP contribution in [0.2, 0.25) is 0 Å². The van der Waals surface area contributed by atoms with Crippen LogP contribution in [0.5, 0.6) is 0 Å². The summed E-state index contributed by atoms with van der Waals surface area (Å²) >= 11 is 0. The lowest BCUT2D eigenvalue weighted by atomic mass is 9.90. The van der Waals surface area contributed by atoms with Crippen molar-refractivity contribution in [2.24, 2.45) is 0 Å². The van der Waals surface area contributed by atoms with Crippen molar-refractivity contribution in [1.29, 1.82) is 0 Å². The van der Waals surface area contributed by atoms with Crippen LogP contribution in [0.4, 0.5) is 0 Å². The second kappa shape index (κ2) is 2.56. The lowest BCUT2D eigenvalue weighted by Crippen LogP contribution is -2.21. The summed E-state index contributed by atoms with van der Waals surface area (Å²) in [7, 11) is 0. The molecule has 1 N–H and O–H groups in total. The van der Waals surface area contributed by atoms with E-state index in [0.29, 0.717) is 0 Å². The van der Waals surface area contributed by atoms with Gasteiger partial charge >= 0.3 is 0 Å². The first kappa shape index (κ1) is 7.97. The Balaban J connectivity index is 2.31. The molecule has 1 aromatic heterocycles. The molecular weight excluding hydrogens is 176 g/mol. The Labute approximate surface area is 82.5 Å². The summed E-state index contributed by atoms with van der Waals surface area (Å²) in [5.74, 6) is 0.0908. The van der Waals surface area contributed by atoms with Crippen molar-refractivity contribution in [2.75, 3.05) is 0 Å². The van der Waals surface area contributed by atoms with Crippen LogP contribution in [0.1, 0.15) is 46.1 Å². The molecule has 14 heavy (non-hydrogen) atoms. The standard InChI is InChI=1S/C11H12N2O/c1-6-5-12-7-3-2-4-8-10(7)9(6)11(14)13-8/h5,8H,2-4H2,1H3,(H,13,14). The Morgan fingerprint density at radius 3 is 3.29 bits per heavy atom. The van der Waals surface area contributed by atoms with E-state index in [1.807, 2.05) is 13.1 Å². The number of carbonyl (C=O) groups excluding carboxylic acids is 1. The minimum atomic E-state index is 0.0908. The first-order valence-corrected chi connectivity index (χ1v) is 5.06. The molecule has 1 unspecified atom stereocenters. The topological polar surface area (TPSA) is 42.0 Å². The minimum Gasteiger partial charge on any atom is -0.345 e. The van der Waals surface area contributed by atoms with Gasteiger partial charge in [0.1, 0.15) is 0 Å². The van der Waals surface area contributed by atoms with Crippen molar-refractivity contribution in [3.05, 3.63) is 28.6 Å². The van der Waals surface area contributed by atoms with E-state index in [2.05, 4.69) is 10.3 Å². The van der Waals surface area contributed by atoms with Gasteiger partial charge in [0, 0.05) is 17.5 Å². The molecule has 1 aliphatic carbocycles. The highest BCUT2D eigenvalue weighted by molar-refractivity contribution is 6.00. The number of aryl methyl sites for hydroxylation is 2. The van der Waals surface area contributed by atoms with Crippen LogP contribution in [-0.2, 0) is 6.42 Å². The van der Waals surface area contributed by atoms with Crippen LogP contribution in [0.15, 0.2) is 6.20 Å². The minimum absolute atomic E-state index is 0.0908. The smallest absolute Gasteiger partial charge is 0.252 e. The molecule has 1 aliphatic heterocycles. The van der Waals surface area contributed by atoms with Gasteiger partial charge in [0.25, 0.3) is 5.91 Å². The van der Waals surface area contributed by atoms with Gasteiger partial charge in [-0.2, -0.15) is 0 Å². The number of pyridine rings is 1. The van der Waals surface area contributed by atoms with E-state index in [0.717, 1.165) is 36.1 Å². The Morgan fingerprint density at radius 2 is 2.43 bits per heavy atom. The van der Waals surface area contributed by atoms with Crippen LogP contribution in [0.3, 0.4) is 0 Å². The monoisotopic (exact) mass is 188 g/mol. The fourth-order valence-electron chi connectivity index (χ4n) is 2.53. The number of aromatic nitrogens is 1. The molecule has 0 spiro atoms. The Kier molecular flexibility index (Phi) is 1.46. The Morgan fingerprint density at radius 1 is 1.57 bits per heavy atom. The van der Waals surface area contributed by atoms with Crippen LogP contribution < -0.4 is 5.32 Å². The van der Waals surface area contributed by atoms with Crippen molar-refractivity contribution in [2.45, 2.75) is 32.2 Å². The van der Waals surface area contributed by atoms with Gasteiger partial charge in [0.2, 0.25) is 0 Å². The maximum atomic E-state index is 11.7. The van der Waals surface area contributed by atoms with Gasteiger partial charge in [-0.05, 0) is 31.7 Å². The van der Waals surface area contributed by atoms with Crippen molar-refractivity contribution in [3.8, 4) is 0 Å². The van der Waals surface area contributed by atoms with E-state index in [-0.39, 0.29) is 11.9 Å². The lowest BCUT2D eigenvalue weighted by Gasteiger charge is -2.19. The molecule has 3 nitrogen and oxygen atoms in total. The predicted molar refractivity (Wildman–Crippen MR) is 52.1 cm³/mol. The summed E-state index contributed by atoms with van der Waals surface area (Å²) in [6, 6.07) is 0.244. The molecule has 0 aromatic carbocycles. The zero-order chi connectivity index (χ0) is 9.71. The highest BCUT2D eigenvalue weighted by Gasteiger charge is 2.34. The number of amides is 1. The number of nitrogens with one attached hydrogen (secondary N) is 1. The molecule has 3 heteroatoms. The second-order valence-corrected chi connectivity index (χ2v) is 4.09. The van der Waals surface area contributed by atoms with Crippen molar-refractivity contribution in [3.63, 3.8) is 0 Å². The van der Waals surface area contributed by atoms with Crippen molar-refractivity contribution >= 4 is 5.91 Å². The van der Waals surface area contributed by atoms with E-state index in [4.69, 9.17) is 0 Å². The van der Waals surface area contributed by atoms with E-state index in [1.165, 1.54) is 5.56 Å². The van der Waals surface area contributed by atoms with Crippen LogP contribution in [-0.4, -0.2) is 10.9 Å². The van der Waals surface area contributed by atoms with Crippen LogP contribution in [0.25, 0.3) is 0 Å². The SMILES string of the molecule is Cc1cnc2c3c1C(=O)NC3CCC2. The number of hydrogen-bond donors (Lipinski definition) is 1. The molecule has 2 heterocycles. The zero-order valence-corrected chi connectivity index (χ0v) is 8.13. The summed E-state index contributed by atoms with van der Waals surface area (Å²) in [4.78, 5) is 16.1. The first-order chi connectivity index (χ1) is 6.77. The van der Waals surface area contributed by atoms with Gasteiger partial charge in [-0.25, -0.2) is 0 Å². The molecule has 1 amide bonds. The quantitative estimate of drug-likeness (QED) is 0.670. The largest absolute Gasteiger partial charge is 0.345 e. The molecule has 0 saturated heterocycles. The molecular formula is C11H12N2O. The number of carbonyl (C=O) groups is 1. The third-order valence-corrected chi connectivity index (χ3v) is 3.18. The van der Waals surface area contributed by atoms with E-state index in [1.54, 1.807) is 0 Å². The molecule has 0 bridgehead atoms. The molecule has 72 valence electrons. The third kappa shape index (κ3) is 0.870. The van der Waals surface area contributed by atoms with E-state index < -0.39 is 0 Å². The molecule has 2 aliphatic rings. The third-order valence-electron chi connectivity index (χ3n) is 3.18. The maximum absolute atomic E-state index is 11.7. The van der Waals surface area contributed by atoms with Gasteiger partial charge in [-0.3, -0.25) is 9.78 Å². The summed E-state index contributed by atoms with van der Waals surface area (Å²) in [5.41, 5.74) is 4.20.